The first-order valence-corrected chi connectivity index (χ1v) is 5.55. The van der Waals surface area contributed by atoms with Crippen LogP contribution in [0, 0.1) is 0 Å². The van der Waals surface area contributed by atoms with Gasteiger partial charge in [-0.2, -0.15) is 0 Å². The molecule has 1 amide bonds. The van der Waals surface area contributed by atoms with Gasteiger partial charge in [0.25, 0.3) is 5.91 Å². The zero-order valence-corrected chi connectivity index (χ0v) is 9.81. The number of pyridine rings is 1. The number of nitrogens with zero attached hydrogens (tertiary/aromatic N) is 2. The minimum atomic E-state index is -0.156. The van der Waals surface area contributed by atoms with E-state index < -0.39 is 0 Å². The van der Waals surface area contributed by atoms with Crippen LogP contribution in [0.5, 0.6) is 5.75 Å². The normalized spacial score (nSPS) is 10.1. The first kappa shape index (κ1) is 12.5. The van der Waals surface area contributed by atoms with E-state index in [2.05, 4.69) is 11.9 Å². The van der Waals surface area contributed by atoms with Crippen molar-refractivity contribution in [3.05, 3.63) is 24.0 Å². The first-order valence-electron chi connectivity index (χ1n) is 5.55. The van der Waals surface area contributed by atoms with Gasteiger partial charge in [0.05, 0.1) is 11.8 Å². The molecule has 88 valence electrons. The highest BCUT2D eigenvalue weighted by atomic mass is 16.3. The number of aromatic nitrogens is 1. The van der Waals surface area contributed by atoms with E-state index in [1.54, 1.807) is 11.9 Å². The first-order chi connectivity index (χ1) is 7.66. The molecule has 0 unspecified atom stereocenters. The van der Waals surface area contributed by atoms with E-state index in [9.17, 15) is 9.90 Å². The molecule has 0 fully saturated rings. The summed E-state index contributed by atoms with van der Waals surface area (Å²) < 4.78 is 0. The van der Waals surface area contributed by atoms with Crippen LogP contribution in [0.2, 0.25) is 0 Å². The Morgan fingerprint density at radius 2 is 2.25 bits per heavy atom. The summed E-state index contributed by atoms with van der Waals surface area (Å²) in [5, 5.41) is 9.49. The number of unbranched alkanes of at least 4 members (excludes halogenated alkanes) is 2. The van der Waals surface area contributed by atoms with E-state index in [1.165, 1.54) is 18.5 Å². The summed E-state index contributed by atoms with van der Waals surface area (Å²) in [6.07, 6.45) is 6.02. The molecule has 0 aliphatic rings. The largest absolute Gasteiger partial charge is 0.505 e. The third kappa shape index (κ3) is 3.22. The smallest absolute Gasteiger partial charge is 0.257 e. The molecular formula is C12H18N2O2. The maximum Gasteiger partial charge on any atom is 0.257 e. The Labute approximate surface area is 95.9 Å². The topological polar surface area (TPSA) is 53.4 Å². The predicted molar refractivity (Wildman–Crippen MR) is 62.4 cm³/mol. The van der Waals surface area contributed by atoms with Gasteiger partial charge in [-0.25, -0.2) is 0 Å². The average molecular weight is 222 g/mol. The lowest BCUT2D eigenvalue weighted by Gasteiger charge is -2.17. The monoisotopic (exact) mass is 222 g/mol. The van der Waals surface area contributed by atoms with E-state index in [1.807, 2.05) is 0 Å². The fourth-order valence-electron chi connectivity index (χ4n) is 1.47. The van der Waals surface area contributed by atoms with E-state index >= 15 is 0 Å². The number of rotatable bonds is 5. The quantitative estimate of drug-likeness (QED) is 0.776. The molecule has 0 aliphatic heterocycles. The van der Waals surface area contributed by atoms with Crippen LogP contribution in [0.25, 0.3) is 0 Å². The molecule has 1 N–H and O–H groups in total. The lowest BCUT2D eigenvalue weighted by atomic mass is 10.2. The molecule has 4 nitrogen and oxygen atoms in total. The van der Waals surface area contributed by atoms with Gasteiger partial charge in [-0.3, -0.25) is 9.78 Å². The third-order valence-corrected chi connectivity index (χ3v) is 2.47. The summed E-state index contributed by atoms with van der Waals surface area (Å²) in [5.74, 6) is -0.217. The molecule has 0 radical (unpaired) electrons. The van der Waals surface area contributed by atoms with Crippen molar-refractivity contribution in [2.24, 2.45) is 0 Å². The molecule has 1 aromatic heterocycles. The van der Waals surface area contributed by atoms with Gasteiger partial charge in [0, 0.05) is 19.8 Å². The van der Waals surface area contributed by atoms with Crippen LogP contribution in [0.4, 0.5) is 0 Å². The third-order valence-electron chi connectivity index (χ3n) is 2.47. The van der Waals surface area contributed by atoms with Gasteiger partial charge in [0.1, 0.15) is 5.75 Å². The standard InChI is InChI=1S/C12H18N2O2/c1-3-4-5-8-14(2)12(16)10-6-7-13-9-11(10)15/h6-7,9,15H,3-5,8H2,1-2H3. The summed E-state index contributed by atoms with van der Waals surface area (Å²) in [5.41, 5.74) is 0.314. The second kappa shape index (κ2) is 6.10. The summed E-state index contributed by atoms with van der Waals surface area (Å²) >= 11 is 0. The summed E-state index contributed by atoms with van der Waals surface area (Å²) in [7, 11) is 1.75. The van der Waals surface area contributed by atoms with Gasteiger partial charge >= 0.3 is 0 Å². The van der Waals surface area contributed by atoms with Gasteiger partial charge in [0.15, 0.2) is 0 Å². The molecule has 0 bridgehead atoms. The maximum atomic E-state index is 11.9. The highest BCUT2D eigenvalue weighted by molar-refractivity contribution is 5.96. The second-order valence-electron chi connectivity index (χ2n) is 3.83. The van der Waals surface area contributed by atoms with Crippen LogP contribution in [0.15, 0.2) is 18.5 Å². The Morgan fingerprint density at radius 3 is 2.88 bits per heavy atom. The SMILES string of the molecule is CCCCCN(C)C(=O)c1ccncc1O. The summed E-state index contributed by atoms with van der Waals surface area (Å²) in [6.45, 7) is 2.84. The van der Waals surface area contributed by atoms with Crippen LogP contribution in [0.3, 0.4) is 0 Å². The van der Waals surface area contributed by atoms with Crippen molar-refractivity contribution in [1.82, 2.24) is 9.88 Å². The molecule has 16 heavy (non-hydrogen) atoms. The van der Waals surface area contributed by atoms with Crippen LogP contribution < -0.4 is 0 Å². The lowest BCUT2D eigenvalue weighted by Crippen LogP contribution is -2.27. The Bertz CT molecular complexity index is 353. The van der Waals surface area contributed by atoms with Gasteiger partial charge in [-0.1, -0.05) is 19.8 Å². The summed E-state index contributed by atoms with van der Waals surface area (Å²) in [6, 6.07) is 1.54. The second-order valence-corrected chi connectivity index (χ2v) is 3.83. The van der Waals surface area contributed by atoms with Crippen molar-refractivity contribution < 1.29 is 9.90 Å². The van der Waals surface area contributed by atoms with Crippen molar-refractivity contribution in [2.75, 3.05) is 13.6 Å². The van der Waals surface area contributed by atoms with Crippen LogP contribution in [0.1, 0.15) is 36.5 Å². The Balaban J connectivity index is 2.60. The molecule has 1 aromatic rings. The molecule has 4 heteroatoms. The highest BCUT2D eigenvalue weighted by Crippen LogP contribution is 2.15. The Morgan fingerprint density at radius 1 is 1.50 bits per heavy atom. The Kier molecular flexibility index (Phi) is 4.76. The van der Waals surface area contributed by atoms with Crippen molar-refractivity contribution in [2.45, 2.75) is 26.2 Å². The molecule has 1 rings (SSSR count). The van der Waals surface area contributed by atoms with Crippen molar-refractivity contribution >= 4 is 5.91 Å². The van der Waals surface area contributed by atoms with Gasteiger partial charge < -0.3 is 10.0 Å². The zero-order valence-electron chi connectivity index (χ0n) is 9.81. The molecule has 0 atom stereocenters. The number of aromatic hydroxyl groups is 1. The van der Waals surface area contributed by atoms with Gasteiger partial charge in [0.2, 0.25) is 0 Å². The van der Waals surface area contributed by atoms with Crippen LogP contribution in [-0.2, 0) is 0 Å². The van der Waals surface area contributed by atoms with Crippen LogP contribution >= 0.6 is 0 Å². The fourth-order valence-corrected chi connectivity index (χ4v) is 1.47. The molecule has 0 aliphatic carbocycles. The lowest BCUT2D eigenvalue weighted by molar-refractivity contribution is 0.0789. The van der Waals surface area contributed by atoms with E-state index in [0.29, 0.717) is 12.1 Å². The summed E-state index contributed by atoms with van der Waals surface area (Å²) in [4.78, 5) is 17.3. The molecule has 0 saturated carbocycles. The molecule has 1 heterocycles. The Hall–Kier alpha value is -1.58. The molecule has 0 aromatic carbocycles. The molecule has 0 spiro atoms. The average Bonchev–Trinajstić information content (AvgIpc) is 2.29. The van der Waals surface area contributed by atoms with E-state index in [4.69, 9.17) is 0 Å². The van der Waals surface area contributed by atoms with Gasteiger partial charge in [-0.15, -0.1) is 0 Å². The van der Waals surface area contributed by atoms with Crippen molar-refractivity contribution in [3.63, 3.8) is 0 Å². The van der Waals surface area contributed by atoms with E-state index in [-0.39, 0.29) is 11.7 Å². The number of hydrogen-bond donors (Lipinski definition) is 1. The minimum Gasteiger partial charge on any atom is -0.505 e. The molecule has 0 saturated heterocycles. The number of carbonyl (C=O) groups is 1. The van der Waals surface area contributed by atoms with Crippen molar-refractivity contribution in [3.8, 4) is 5.75 Å². The zero-order chi connectivity index (χ0) is 12.0. The fraction of sp³-hybridized carbons (Fsp3) is 0.500. The highest BCUT2D eigenvalue weighted by Gasteiger charge is 2.14. The number of hydrogen-bond acceptors (Lipinski definition) is 3. The molecular weight excluding hydrogens is 204 g/mol. The number of amides is 1. The minimum absolute atomic E-state index is 0.0603. The van der Waals surface area contributed by atoms with Crippen LogP contribution in [-0.4, -0.2) is 34.5 Å². The van der Waals surface area contributed by atoms with Crippen molar-refractivity contribution in [1.29, 1.82) is 0 Å². The van der Waals surface area contributed by atoms with E-state index in [0.717, 1.165) is 19.3 Å². The van der Waals surface area contributed by atoms with Gasteiger partial charge in [-0.05, 0) is 12.5 Å². The number of carbonyl (C=O) groups excluding carboxylic acids is 1. The maximum absolute atomic E-state index is 11.9. The predicted octanol–water partition coefficient (Wildman–Crippen LogP) is 2.05.